The minimum Gasteiger partial charge on any atom is -0.356 e. The summed E-state index contributed by atoms with van der Waals surface area (Å²) in [6.45, 7) is 1.30. The molecule has 0 spiro atoms. The Bertz CT molecular complexity index is 1060. The number of carbonyl (C=O) groups excluding carboxylic acids is 1. The first-order valence-corrected chi connectivity index (χ1v) is 9.22. The Morgan fingerprint density at radius 3 is 2.73 bits per heavy atom. The van der Waals surface area contributed by atoms with Crippen LogP contribution in [0, 0.1) is 0 Å². The van der Waals surface area contributed by atoms with E-state index in [4.69, 9.17) is 0 Å². The van der Waals surface area contributed by atoms with Gasteiger partial charge in [-0.05, 0) is 50.6 Å². The summed E-state index contributed by atoms with van der Waals surface area (Å²) in [5, 5.41) is 4.19. The molecule has 0 unspecified atom stereocenters. The molecule has 0 aliphatic heterocycles. The van der Waals surface area contributed by atoms with E-state index in [1.54, 1.807) is 12.3 Å². The Hall–Kier alpha value is -2.79. The van der Waals surface area contributed by atoms with Gasteiger partial charge in [-0.15, -0.1) is 0 Å². The lowest BCUT2D eigenvalue weighted by molar-refractivity contribution is 0.0946. The molecule has 4 aromatic rings. The van der Waals surface area contributed by atoms with Crippen LogP contribution in [0.4, 0.5) is 0 Å². The summed E-state index contributed by atoms with van der Waals surface area (Å²) >= 11 is 3.34. The van der Waals surface area contributed by atoms with Crippen LogP contribution in [-0.4, -0.2) is 15.5 Å². The maximum atomic E-state index is 12.2. The standard InChI is InChI=1S/C21H18BrN3O/c22-18-11-19(23-13-18)21(26)24-12-15-4-3-5-16(10-15)14-25-9-8-17-6-1-2-7-20(17)25/h1-11,13,23H,12,14H2,(H,24,26). The van der Waals surface area contributed by atoms with Crippen LogP contribution in [-0.2, 0) is 13.1 Å². The van der Waals surface area contributed by atoms with Crippen LogP contribution >= 0.6 is 15.9 Å². The van der Waals surface area contributed by atoms with Gasteiger partial charge in [-0.2, -0.15) is 0 Å². The van der Waals surface area contributed by atoms with Crippen LogP contribution in [0.25, 0.3) is 10.9 Å². The Morgan fingerprint density at radius 2 is 1.88 bits per heavy atom. The number of carbonyl (C=O) groups is 1. The number of amides is 1. The largest absolute Gasteiger partial charge is 0.356 e. The van der Waals surface area contributed by atoms with Gasteiger partial charge in [0.2, 0.25) is 0 Å². The fourth-order valence-corrected chi connectivity index (χ4v) is 3.43. The number of aromatic nitrogens is 2. The molecule has 4 rings (SSSR count). The van der Waals surface area contributed by atoms with Crippen molar-refractivity contribution in [1.29, 1.82) is 0 Å². The van der Waals surface area contributed by atoms with E-state index in [-0.39, 0.29) is 5.91 Å². The van der Waals surface area contributed by atoms with Crippen LogP contribution in [0.5, 0.6) is 0 Å². The highest BCUT2D eigenvalue weighted by molar-refractivity contribution is 9.10. The molecule has 0 saturated heterocycles. The van der Waals surface area contributed by atoms with Gasteiger partial charge in [0.05, 0.1) is 0 Å². The molecule has 0 radical (unpaired) electrons. The quantitative estimate of drug-likeness (QED) is 0.494. The molecule has 0 aliphatic carbocycles. The lowest BCUT2D eigenvalue weighted by Crippen LogP contribution is -2.23. The molecule has 2 aromatic carbocycles. The number of nitrogens with one attached hydrogen (secondary N) is 2. The fourth-order valence-electron chi connectivity index (χ4n) is 3.09. The normalized spacial score (nSPS) is 11.0. The summed E-state index contributed by atoms with van der Waals surface area (Å²) in [5.41, 5.74) is 4.06. The van der Waals surface area contributed by atoms with Crippen LogP contribution in [0.3, 0.4) is 0 Å². The predicted molar refractivity (Wildman–Crippen MR) is 107 cm³/mol. The Labute approximate surface area is 160 Å². The van der Waals surface area contributed by atoms with Crippen molar-refractivity contribution in [3.63, 3.8) is 0 Å². The molecule has 0 saturated carbocycles. The van der Waals surface area contributed by atoms with E-state index in [1.807, 2.05) is 12.1 Å². The molecule has 0 fully saturated rings. The maximum absolute atomic E-state index is 12.2. The third kappa shape index (κ3) is 3.58. The number of H-pyrrole nitrogens is 1. The summed E-state index contributed by atoms with van der Waals surface area (Å²) in [4.78, 5) is 15.1. The number of nitrogens with zero attached hydrogens (tertiary/aromatic N) is 1. The van der Waals surface area contributed by atoms with Crippen molar-refractivity contribution in [2.75, 3.05) is 0 Å². The second-order valence-electron chi connectivity index (χ2n) is 6.24. The first-order valence-electron chi connectivity index (χ1n) is 8.43. The number of halogens is 1. The van der Waals surface area contributed by atoms with Crippen LogP contribution in [0.15, 0.2) is 77.5 Å². The molecular formula is C21H18BrN3O. The number of fused-ring (bicyclic) bond motifs is 1. The van der Waals surface area contributed by atoms with Gasteiger partial charge in [-0.25, -0.2) is 0 Å². The van der Waals surface area contributed by atoms with Gasteiger partial charge in [-0.1, -0.05) is 42.5 Å². The number of hydrogen-bond acceptors (Lipinski definition) is 1. The van der Waals surface area contributed by atoms with E-state index in [2.05, 4.69) is 79.5 Å². The van der Waals surface area contributed by atoms with Gasteiger partial charge < -0.3 is 14.9 Å². The zero-order chi connectivity index (χ0) is 17.9. The monoisotopic (exact) mass is 407 g/mol. The van der Waals surface area contributed by atoms with Crippen LogP contribution in [0.2, 0.25) is 0 Å². The van der Waals surface area contributed by atoms with Gasteiger partial charge in [-0.3, -0.25) is 4.79 Å². The second-order valence-corrected chi connectivity index (χ2v) is 7.15. The lowest BCUT2D eigenvalue weighted by atomic mass is 10.1. The Balaban J connectivity index is 1.45. The van der Waals surface area contributed by atoms with Crippen molar-refractivity contribution in [3.8, 4) is 0 Å². The predicted octanol–water partition coefficient (Wildman–Crippen LogP) is 4.71. The molecule has 2 N–H and O–H groups in total. The van der Waals surface area contributed by atoms with E-state index in [0.717, 1.165) is 16.6 Å². The molecule has 1 amide bonds. The van der Waals surface area contributed by atoms with Gasteiger partial charge in [0.25, 0.3) is 5.91 Å². The highest BCUT2D eigenvalue weighted by Gasteiger charge is 2.08. The molecule has 2 aromatic heterocycles. The van der Waals surface area contributed by atoms with Gasteiger partial charge in [0, 0.05) is 35.5 Å². The number of hydrogen-bond donors (Lipinski definition) is 2. The van der Waals surface area contributed by atoms with E-state index in [0.29, 0.717) is 12.2 Å². The van der Waals surface area contributed by atoms with E-state index < -0.39 is 0 Å². The zero-order valence-corrected chi connectivity index (χ0v) is 15.7. The molecule has 5 heteroatoms. The van der Waals surface area contributed by atoms with Gasteiger partial charge >= 0.3 is 0 Å². The minimum absolute atomic E-state index is 0.113. The van der Waals surface area contributed by atoms with Crippen molar-refractivity contribution >= 4 is 32.7 Å². The number of rotatable bonds is 5. The number of aromatic amines is 1. The summed E-state index contributed by atoms with van der Waals surface area (Å²) < 4.78 is 3.10. The van der Waals surface area contributed by atoms with E-state index >= 15 is 0 Å². The third-order valence-electron chi connectivity index (χ3n) is 4.37. The summed E-state index contributed by atoms with van der Waals surface area (Å²) in [7, 11) is 0. The van der Waals surface area contributed by atoms with E-state index in [1.165, 1.54) is 16.5 Å². The first-order chi connectivity index (χ1) is 12.7. The third-order valence-corrected chi connectivity index (χ3v) is 4.83. The van der Waals surface area contributed by atoms with Crippen molar-refractivity contribution in [2.24, 2.45) is 0 Å². The second kappa shape index (κ2) is 7.22. The summed E-state index contributed by atoms with van der Waals surface area (Å²) in [6, 6.07) is 20.6. The van der Waals surface area contributed by atoms with Crippen molar-refractivity contribution in [1.82, 2.24) is 14.9 Å². The highest BCUT2D eigenvalue weighted by Crippen LogP contribution is 2.17. The van der Waals surface area contributed by atoms with E-state index in [9.17, 15) is 4.79 Å². The molecule has 2 heterocycles. The van der Waals surface area contributed by atoms with Crippen molar-refractivity contribution in [3.05, 3.63) is 94.4 Å². The van der Waals surface area contributed by atoms with Crippen molar-refractivity contribution in [2.45, 2.75) is 13.1 Å². The SMILES string of the molecule is O=C(NCc1cccc(Cn2ccc3ccccc32)c1)c1cc(Br)c[nH]1. The molecular weight excluding hydrogens is 390 g/mol. The topological polar surface area (TPSA) is 49.8 Å². The molecule has 26 heavy (non-hydrogen) atoms. The van der Waals surface area contributed by atoms with Crippen LogP contribution in [0.1, 0.15) is 21.6 Å². The average molecular weight is 408 g/mol. The van der Waals surface area contributed by atoms with Gasteiger partial charge in [0.15, 0.2) is 0 Å². The molecule has 0 atom stereocenters. The number of benzene rings is 2. The van der Waals surface area contributed by atoms with Gasteiger partial charge in [0.1, 0.15) is 5.69 Å². The fraction of sp³-hybridized carbons (Fsp3) is 0.0952. The minimum atomic E-state index is -0.113. The van der Waals surface area contributed by atoms with Crippen molar-refractivity contribution < 1.29 is 4.79 Å². The molecule has 0 aliphatic rings. The molecule has 130 valence electrons. The Morgan fingerprint density at radius 1 is 1.04 bits per heavy atom. The summed E-state index contributed by atoms with van der Waals surface area (Å²) in [5.74, 6) is -0.113. The summed E-state index contributed by atoms with van der Waals surface area (Å²) in [6.07, 6.45) is 3.86. The average Bonchev–Trinajstić information content (AvgIpc) is 3.27. The maximum Gasteiger partial charge on any atom is 0.267 e. The Kier molecular flexibility index (Phi) is 4.63. The van der Waals surface area contributed by atoms with Crippen LogP contribution < -0.4 is 5.32 Å². The first kappa shape index (κ1) is 16.7. The number of para-hydroxylation sites is 1. The molecule has 4 nitrogen and oxygen atoms in total. The highest BCUT2D eigenvalue weighted by atomic mass is 79.9. The lowest BCUT2D eigenvalue weighted by Gasteiger charge is -2.09. The smallest absolute Gasteiger partial charge is 0.267 e. The zero-order valence-electron chi connectivity index (χ0n) is 14.1. The molecule has 0 bridgehead atoms.